The molecular weight excluding hydrogens is 420 g/mol. The van der Waals surface area contributed by atoms with Crippen molar-refractivity contribution in [3.05, 3.63) is 72.3 Å². The minimum atomic E-state index is -0.242. The Bertz CT molecular complexity index is 1300. The van der Waals surface area contributed by atoms with Gasteiger partial charge >= 0.3 is 0 Å². The molecule has 32 heavy (non-hydrogen) atoms. The normalized spacial score (nSPS) is 12.4. The molecule has 1 aromatic carbocycles. The highest BCUT2D eigenvalue weighted by molar-refractivity contribution is 7.98. The van der Waals surface area contributed by atoms with Crippen molar-refractivity contribution in [1.29, 1.82) is 5.26 Å². The zero-order valence-corrected chi connectivity index (χ0v) is 18.6. The fraction of sp³-hybridized carbons (Fsp3) is 0.250. The highest BCUT2D eigenvalue weighted by atomic mass is 32.2. The lowest BCUT2D eigenvalue weighted by Gasteiger charge is -2.15. The second-order valence-corrected chi connectivity index (χ2v) is 8.35. The monoisotopic (exact) mass is 444 g/mol. The van der Waals surface area contributed by atoms with Gasteiger partial charge in [-0.1, -0.05) is 24.3 Å². The Morgan fingerprint density at radius 1 is 1.25 bits per heavy atom. The number of aromatic nitrogens is 4. The Morgan fingerprint density at radius 2 is 2.09 bits per heavy atom. The molecule has 0 saturated carbocycles. The van der Waals surface area contributed by atoms with Crippen molar-refractivity contribution in [2.45, 2.75) is 25.4 Å². The Balaban J connectivity index is 1.55. The molecule has 3 aromatic heterocycles. The van der Waals surface area contributed by atoms with Crippen molar-refractivity contribution in [2.75, 3.05) is 12.0 Å². The molecule has 8 heteroatoms. The fourth-order valence-electron chi connectivity index (χ4n) is 3.75. The van der Waals surface area contributed by atoms with Crippen LogP contribution >= 0.6 is 11.8 Å². The van der Waals surface area contributed by atoms with Gasteiger partial charge in [0.25, 0.3) is 0 Å². The van der Waals surface area contributed by atoms with Gasteiger partial charge in [0.05, 0.1) is 18.5 Å². The van der Waals surface area contributed by atoms with Crippen LogP contribution in [0.3, 0.4) is 0 Å². The van der Waals surface area contributed by atoms with Gasteiger partial charge in [0.1, 0.15) is 0 Å². The molecule has 7 nitrogen and oxygen atoms in total. The van der Waals surface area contributed by atoms with E-state index < -0.39 is 0 Å². The SMILES string of the molecule is CSCCC(NC(=O)/C=C/c1cn(CCC#N)c2ccccc12)c1nnc2ccccn12. The molecule has 0 bridgehead atoms. The number of nitriles is 1. The number of hydrogen-bond donors (Lipinski definition) is 1. The van der Waals surface area contributed by atoms with Crippen LogP contribution in [0.2, 0.25) is 0 Å². The van der Waals surface area contributed by atoms with Gasteiger partial charge in [0.15, 0.2) is 11.5 Å². The number of nitrogens with zero attached hydrogens (tertiary/aromatic N) is 5. The summed E-state index contributed by atoms with van der Waals surface area (Å²) in [4.78, 5) is 12.8. The number of rotatable bonds is 9. The number of carbonyl (C=O) groups excluding carboxylic acids is 1. The second kappa shape index (κ2) is 10.2. The third kappa shape index (κ3) is 4.68. The van der Waals surface area contributed by atoms with Gasteiger partial charge in [0, 0.05) is 41.5 Å². The maximum absolute atomic E-state index is 12.8. The van der Waals surface area contributed by atoms with Crippen molar-refractivity contribution >= 4 is 40.3 Å². The summed E-state index contributed by atoms with van der Waals surface area (Å²) in [6.45, 7) is 0.619. The van der Waals surface area contributed by atoms with E-state index >= 15 is 0 Å². The Kier molecular flexibility index (Phi) is 6.87. The topological polar surface area (TPSA) is 88.0 Å². The first-order valence-corrected chi connectivity index (χ1v) is 11.8. The number of nitrogens with one attached hydrogen (secondary N) is 1. The number of pyridine rings is 1. The average Bonchev–Trinajstić information content (AvgIpc) is 3.41. The predicted molar refractivity (Wildman–Crippen MR) is 128 cm³/mol. The predicted octanol–water partition coefficient (Wildman–Crippen LogP) is 4.22. The average molecular weight is 445 g/mol. The molecule has 1 atom stereocenters. The minimum absolute atomic E-state index is 0.183. The molecule has 4 rings (SSSR count). The lowest BCUT2D eigenvalue weighted by atomic mass is 10.1. The molecule has 0 aliphatic rings. The van der Waals surface area contributed by atoms with Crippen molar-refractivity contribution in [1.82, 2.24) is 24.5 Å². The van der Waals surface area contributed by atoms with Crippen molar-refractivity contribution in [3.8, 4) is 6.07 Å². The molecule has 0 spiro atoms. The zero-order valence-electron chi connectivity index (χ0n) is 17.8. The number of aryl methyl sites for hydroxylation is 1. The maximum atomic E-state index is 12.8. The highest BCUT2D eigenvalue weighted by Crippen LogP contribution is 2.23. The number of para-hydroxylation sites is 1. The first-order valence-electron chi connectivity index (χ1n) is 10.4. The van der Waals surface area contributed by atoms with E-state index in [2.05, 4.69) is 26.2 Å². The molecule has 0 fully saturated rings. The van der Waals surface area contributed by atoms with E-state index in [4.69, 9.17) is 5.26 Å². The van der Waals surface area contributed by atoms with Crippen LogP contribution in [0.5, 0.6) is 0 Å². The summed E-state index contributed by atoms with van der Waals surface area (Å²) in [7, 11) is 0. The van der Waals surface area contributed by atoms with Crippen LogP contribution in [0.4, 0.5) is 0 Å². The molecule has 1 N–H and O–H groups in total. The fourth-order valence-corrected chi connectivity index (χ4v) is 4.22. The molecule has 1 unspecified atom stereocenters. The molecule has 0 aliphatic heterocycles. The number of benzene rings is 1. The van der Waals surface area contributed by atoms with Gasteiger partial charge < -0.3 is 9.88 Å². The summed E-state index contributed by atoms with van der Waals surface area (Å²) in [6.07, 6.45) is 10.5. The zero-order chi connectivity index (χ0) is 22.3. The molecule has 3 heterocycles. The van der Waals surface area contributed by atoms with E-state index in [9.17, 15) is 4.79 Å². The Hall–Kier alpha value is -3.57. The van der Waals surface area contributed by atoms with Gasteiger partial charge in [-0.3, -0.25) is 9.20 Å². The van der Waals surface area contributed by atoms with Crippen LogP contribution in [-0.4, -0.2) is 37.1 Å². The van der Waals surface area contributed by atoms with Crippen molar-refractivity contribution in [2.24, 2.45) is 0 Å². The number of thioether (sulfide) groups is 1. The summed E-state index contributed by atoms with van der Waals surface area (Å²) < 4.78 is 3.97. The lowest BCUT2D eigenvalue weighted by molar-refractivity contribution is -0.117. The number of amides is 1. The largest absolute Gasteiger partial charge is 0.346 e. The van der Waals surface area contributed by atoms with Gasteiger partial charge in [0.2, 0.25) is 5.91 Å². The van der Waals surface area contributed by atoms with Crippen LogP contribution in [0, 0.1) is 11.3 Å². The first kappa shape index (κ1) is 21.7. The standard InChI is InChI=1S/C24H24N6OS/c1-32-16-12-20(24-28-27-22-9-4-5-15-30(22)24)26-23(31)11-10-18-17-29(14-6-13-25)21-8-3-2-7-19(18)21/h2-5,7-11,15,17,20H,6,12,14,16H2,1H3,(H,26,31)/b11-10+. The second-order valence-electron chi connectivity index (χ2n) is 7.37. The third-order valence-corrected chi connectivity index (χ3v) is 5.92. The molecule has 0 radical (unpaired) electrons. The van der Waals surface area contributed by atoms with Gasteiger partial charge in [-0.05, 0) is 42.7 Å². The summed E-state index contributed by atoms with van der Waals surface area (Å²) in [6, 6.07) is 15.7. The molecular formula is C24H24N6OS. The minimum Gasteiger partial charge on any atom is -0.346 e. The van der Waals surface area contributed by atoms with Crippen LogP contribution in [-0.2, 0) is 11.3 Å². The van der Waals surface area contributed by atoms with Crippen LogP contribution < -0.4 is 5.32 Å². The molecule has 0 saturated heterocycles. The maximum Gasteiger partial charge on any atom is 0.244 e. The quantitative estimate of drug-likeness (QED) is 0.391. The third-order valence-electron chi connectivity index (χ3n) is 5.28. The first-order chi connectivity index (χ1) is 15.7. The van der Waals surface area contributed by atoms with Crippen LogP contribution in [0.15, 0.2) is 60.9 Å². The van der Waals surface area contributed by atoms with Crippen molar-refractivity contribution < 1.29 is 4.79 Å². The lowest BCUT2D eigenvalue weighted by Crippen LogP contribution is -2.29. The Labute approximate surface area is 190 Å². The van der Waals surface area contributed by atoms with E-state index in [1.165, 1.54) is 0 Å². The number of fused-ring (bicyclic) bond motifs is 2. The van der Waals surface area contributed by atoms with Crippen LogP contribution in [0.25, 0.3) is 22.6 Å². The summed E-state index contributed by atoms with van der Waals surface area (Å²) in [5.41, 5.74) is 2.75. The summed E-state index contributed by atoms with van der Waals surface area (Å²) in [5, 5.41) is 21.6. The van der Waals surface area contributed by atoms with Gasteiger partial charge in [-0.15, -0.1) is 10.2 Å². The molecule has 162 valence electrons. The Morgan fingerprint density at radius 3 is 2.94 bits per heavy atom. The van der Waals surface area contributed by atoms with Gasteiger partial charge in [-0.25, -0.2) is 0 Å². The van der Waals surface area contributed by atoms with Crippen molar-refractivity contribution in [3.63, 3.8) is 0 Å². The molecule has 0 aliphatic carbocycles. The number of hydrogen-bond acceptors (Lipinski definition) is 5. The molecule has 4 aromatic rings. The van der Waals surface area contributed by atoms with E-state index in [0.29, 0.717) is 13.0 Å². The smallest absolute Gasteiger partial charge is 0.244 e. The number of carbonyl (C=O) groups is 1. The van der Waals surface area contributed by atoms with E-state index in [-0.39, 0.29) is 11.9 Å². The van der Waals surface area contributed by atoms with Crippen LogP contribution in [0.1, 0.15) is 30.3 Å². The molecule has 1 amide bonds. The van der Waals surface area contributed by atoms with E-state index in [0.717, 1.165) is 40.1 Å². The van der Waals surface area contributed by atoms with E-state index in [1.54, 1.807) is 17.8 Å². The highest BCUT2D eigenvalue weighted by Gasteiger charge is 2.19. The summed E-state index contributed by atoms with van der Waals surface area (Å²) >= 11 is 1.73. The summed E-state index contributed by atoms with van der Waals surface area (Å²) in [5.74, 6) is 1.44. The van der Waals surface area contributed by atoms with E-state index in [1.807, 2.05) is 71.6 Å². The van der Waals surface area contributed by atoms with Gasteiger partial charge in [-0.2, -0.15) is 17.0 Å².